The van der Waals surface area contributed by atoms with Crippen LogP contribution >= 0.6 is 0 Å². The molecule has 1 unspecified atom stereocenters. The maximum atomic E-state index is 12.0. The van der Waals surface area contributed by atoms with Crippen molar-refractivity contribution in [3.05, 3.63) is 59.7 Å². The maximum absolute atomic E-state index is 12.0. The molecule has 0 heterocycles. The van der Waals surface area contributed by atoms with Crippen LogP contribution in [0.15, 0.2) is 48.5 Å². The fourth-order valence-corrected chi connectivity index (χ4v) is 2.17. The van der Waals surface area contributed by atoms with Gasteiger partial charge in [0.1, 0.15) is 6.61 Å². The second-order valence-corrected chi connectivity index (χ2v) is 5.09. The van der Waals surface area contributed by atoms with Crippen molar-refractivity contribution in [3.63, 3.8) is 0 Å². The van der Waals surface area contributed by atoms with Gasteiger partial charge in [0, 0.05) is 0 Å². The fourth-order valence-electron chi connectivity index (χ4n) is 2.17. The average molecular weight is 345 g/mol. The molecule has 0 aliphatic carbocycles. The topological polar surface area (TPSA) is 94.1 Å². The minimum atomic E-state index is -1.12. The van der Waals surface area contributed by atoms with E-state index in [1.165, 1.54) is 32.4 Å². The highest BCUT2D eigenvalue weighted by Gasteiger charge is 2.25. The Labute approximate surface area is 145 Å². The van der Waals surface area contributed by atoms with Crippen LogP contribution in [0.5, 0.6) is 11.5 Å². The van der Waals surface area contributed by atoms with E-state index in [2.05, 4.69) is 5.32 Å². The van der Waals surface area contributed by atoms with Crippen molar-refractivity contribution in [2.75, 3.05) is 14.2 Å². The number of alkyl carbamates (subject to hydrolysis) is 1. The minimum absolute atomic E-state index is 0.0639. The van der Waals surface area contributed by atoms with Crippen LogP contribution in [0, 0.1) is 0 Å². The molecule has 0 fully saturated rings. The first-order valence-corrected chi connectivity index (χ1v) is 7.47. The first-order chi connectivity index (χ1) is 12.0. The highest BCUT2D eigenvalue weighted by atomic mass is 16.6. The predicted octanol–water partition coefficient (Wildman–Crippen LogP) is 2.54. The third kappa shape index (κ3) is 4.87. The number of carbonyl (C=O) groups is 2. The first-order valence-electron chi connectivity index (χ1n) is 7.47. The van der Waals surface area contributed by atoms with Crippen LogP contribution in [0.25, 0.3) is 0 Å². The van der Waals surface area contributed by atoms with Crippen molar-refractivity contribution in [1.82, 2.24) is 5.32 Å². The number of hydrogen-bond donors (Lipinski definition) is 2. The monoisotopic (exact) mass is 345 g/mol. The van der Waals surface area contributed by atoms with Crippen molar-refractivity contribution in [2.45, 2.75) is 12.6 Å². The summed E-state index contributed by atoms with van der Waals surface area (Å²) >= 11 is 0. The van der Waals surface area contributed by atoms with E-state index >= 15 is 0 Å². The quantitative estimate of drug-likeness (QED) is 0.782. The van der Waals surface area contributed by atoms with Gasteiger partial charge in [-0.2, -0.15) is 0 Å². The minimum Gasteiger partial charge on any atom is -0.504 e. The van der Waals surface area contributed by atoms with Crippen LogP contribution in [0.2, 0.25) is 0 Å². The van der Waals surface area contributed by atoms with E-state index in [4.69, 9.17) is 14.2 Å². The van der Waals surface area contributed by atoms with Gasteiger partial charge in [-0.25, -0.2) is 9.59 Å². The molecule has 2 aromatic rings. The lowest BCUT2D eigenvalue weighted by Crippen LogP contribution is -2.34. The lowest BCUT2D eigenvalue weighted by atomic mass is 10.1. The predicted molar refractivity (Wildman–Crippen MR) is 89.2 cm³/mol. The van der Waals surface area contributed by atoms with Crippen LogP contribution in [0.1, 0.15) is 17.2 Å². The van der Waals surface area contributed by atoms with Crippen molar-refractivity contribution in [1.29, 1.82) is 0 Å². The van der Waals surface area contributed by atoms with Gasteiger partial charge in [0.15, 0.2) is 17.5 Å². The Morgan fingerprint density at radius 1 is 1.12 bits per heavy atom. The molecule has 7 heteroatoms. The normalized spacial score (nSPS) is 11.3. The van der Waals surface area contributed by atoms with Crippen molar-refractivity contribution in [2.24, 2.45) is 0 Å². The number of hydrogen-bond acceptors (Lipinski definition) is 6. The van der Waals surface area contributed by atoms with Crippen LogP contribution in [-0.2, 0) is 20.9 Å². The van der Waals surface area contributed by atoms with Crippen molar-refractivity contribution < 1.29 is 28.9 Å². The van der Waals surface area contributed by atoms with Gasteiger partial charge in [-0.1, -0.05) is 36.4 Å². The van der Waals surface area contributed by atoms with Crippen LogP contribution < -0.4 is 10.1 Å². The van der Waals surface area contributed by atoms with E-state index in [1.54, 1.807) is 0 Å². The SMILES string of the molecule is COC(=O)C(NC(=O)OCc1ccccc1)c1ccc(OC)c(O)c1. The summed E-state index contributed by atoms with van der Waals surface area (Å²) in [5.74, 6) is -0.603. The summed E-state index contributed by atoms with van der Waals surface area (Å²) in [4.78, 5) is 24.0. The van der Waals surface area contributed by atoms with Gasteiger partial charge in [0.05, 0.1) is 14.2 Å². The maximum Gasteiger partial charge on any atom is 0.408 e. The Morgan fingerprint density at radius 2 is 1.84 bits per heavy atom. The number of phenols is 1. The lowest BCUT2D eigenvalue weighted by Gasteiger charge is -2.17. The Balaban J connectivity index is 2.08. The molecule has 1 amide bonds. The summed E-state index contributed by atoms with van der Waals surface area (Å²) in [6, 6.07) is 12.4. The molecule has 0 aliphatic heterocycles. The fraction of sp³-hybridized carbons (Fsp3) is 0.222. The molecule has 0 spiro atoms. The Kier molecular flexibility index (Phi) is 6.22. The molecule has 132 valence electrons. The molecule has 25 heavy (non-hydrogen) atoms. The number of aromatic hydroxyl groups is 1. The standard InChI is InChI=1S/C18H19NO6/c1-23-15-9-8-13(10-14(15)20)16(17(21)24-2)19-18(22)25-11-12-6-4-3-5-7-12/h3-10,16,20H,11H2,1-2H3,(H,19,22). The van der Waals surface area contributed by atoms with E-state index in [0.717, 1.165) is 5.56 Å². The molecule has 0 aliphatic rings. The highest BCUT2D eigenvalue weighted by molar-refractivity contribution is 5.83. The zero-order chi connectivity index (χ0) is 18.2. The number of nitrogens with one attached hydrogen (secondary N) is 1. The molecule has 2 N–H and O–H groups in total. The summed E-state index contributed by atoms with van der Waals surface area (Å²) in [6.45, 7) is 0.0639. The average Bonchev–Trinajstić information content (AvgIpc) is 2.64. The number of methoxy groups -OCH3 is 2. The first kappa shape index (κ1) is 18.1. The van der Waals surface area contributed by atoms with Crippen LogP contribution in [-0.4, -0.2) is 31.4 Å². The smallest absolute Gasteiger partial charge is 0.408 e. The molecular weight excluding hydrogens is 326 g/mol. The third-order valence-electron chi connectivity index (χ3n) is 3.45. The molecule has 2 aromatic carbocycles. The molecule has 0 radical (unpaired) electrons. The number of carbonyl (C=O) groups excluding carboxylic acids is 2. The van der Waals surface area contributed by atoms with Crippen LogP contribution in [0.3, 0.4) is 0 Å². The summed E-state index contributed by atoms with van der Waals surface area (Å²) in [6.07, 6.45) is -0.783. The van der Waals surface area contributed by atoms with Gasteiger partial charge in [0.25, 0.3) is 0 Å². The molecule has 0 aromatic heterocycles. The van der Waals surface area contributed by atoms with Gasteiger partial charge >= 0.3 is 12.1 Å². The van der Waals surface area contributed by atoms with Crippen molar-refractivity contribution >= 4 is 12.1 Å². The number of ether oxygens (including phenoxy) is 3. The molecule has 2 rings (SSSR count). The Hall–Kier alpha value is -3.22. The van der Waals surface area contributed by atoms with Crippen molar-refractivity contribution in [3.8, 4) is 11.5 Å². The Bertz CT molecular complexity index is 732. The number of esters is 1. The molecular formula is C18H19NO6. The largest absolute Gasteiger partial charge is 0.504 e. The number of rotatable bonds is 6. The van der Waals surface area contributed by atoms with Gasteiger partial charge in [-0.3, -0.25) is 0 Å². The second-order valence-electron chi connectivity index (χ2n) is 5.09. The number of benzene rings is 2. The number of amides is 1. The number of phenolic OH excluding ortho intramolecular Hbond substituents is 1. The molecule has 0 saturated carbocycles. The van der Waals surface area contributed by atoms with E-state index < -0.39 is 18.1 Å². The second kappa shape index (κ2) is 8.58. The van der Waals surface area contributed by atoms with E-state index in [0.29, 0.717) is 5.56 Å². The van der Waals surface area contributed by atoms with E-state index in [9.17, 15) is 14.7 Å². The van der Waals surface area contributed by atoms with E-state index in [1.807, 2.05) is 30.3 Å². The van der Waals surface area contributed by atoms with Gasteiger partial charge < -0.3 is 24.6 Å². The van der Waals surface area contributed by atoms with Gasteiger partial charge in [0.2, 0.25) is 0 Å². The molecule has 0 saturated heterocycles. The zero-order valence-corrected chi connectivity index (χ0v) is 13.9. The van der Waals surface area contributed by atoms with E-state index in [-0.39, 0.29) is 18.1 Å². The van der Waals surface area contributed by atoms with Crippen LogP contribution in [0.4, 0.5) is 4.79 Å². The molecule has 0 bridgehead atoms. The summed E-state index contributed by atoms with van der Waals surface area (Å²) < 4.78 is 14.8. The van der Waals surface area contributed by atoms with Gasteiger partial charge in [-0.05, 0) is 23.3 Å². The lowest BCUT2D eigenvalue weighted by molar-refractivity contribution is -0.143. The summed E-state index contributed by atoms with van der Waals surface area (Å²) in [5.41, 5.74) is 1.15. The highest BCUT2D eigenvalue weighted by Crippen LogP contribution is 2.29. The summed E-state index contributed by atoms with van der Waals surface area (Å²) in [5, 5.41) is 12.3. The Morgan fingerprint density at radius 3 is 2.44 bits per heavy atom. The molecule has 7 nitrogen and oxygen atoms in total. The van der Waals surface area contributed by atoms with Gasteiger partial charge in [-0.15, -0.1) is 0 Å². The molecule has 1 atom stereocenters. The zero-order valence-electron chi connectivity index (χ0n) is 13.9. The summed E-state index contributed by atoms with van der Waals surface area (Å²) in [7, 11) is 2.61. The third-order valence-corrected chi connectivity index (χ3v) is 3.45.